The zero-order valence-corrected chi connectivity index (χ0v) is 10.1. The summed E-state index contributed by atoms with van der Waals surface area (Å²) in [7, 11) is 0. The average molecular weight is 229 g/mol. The molecule has 0 aromatic carbocycles. The topological polar surface area (TPSA) is 25.0 Å². The van der Waals surface area contributed by atoms with Crippen LogP contribution in [0, 0.1) is 0 Å². The molecule has 1 saturated heterocycles. The Kier molecular flexibility index (Phi) is 3.14. The van der Waals surface area contributed by atoms with Crippen LogP contribution in [0.1, 0.15) is 37.2 Å². The van der Waals surface area contributed by atoms with E-state index in [1.54, 1.807) is 0 Å². The fourth-order valence-electron chi connectivity index (χ4n) is 2.75. The molecule has 1 aromatic heterocycles. The second-order valence-electron chi connectivity index (χ2n) is 4.83. The van der Waals surface area contributed by atoms with Crippen LogP contribution in [0.5, 0.6) is 0 Å². The van der Waals surface area contributed by atoms with E-state index in [1.165, 1.54) is 16.1 Å². The maximum absolute atomic E-state index is 5.44. The van der Waals surface area contributed by atoms with Crippen molar-refractivity contribution in [2.45, 2.75) is 31.6 Å². The van der Waals surface area contributed by atoms with Gasteiger partial charge in [0.15, 0.2) is 0 Å². The third-order valence-corrected chi connectivity index (χ3v) is 3.73. The minimum Gasteiger partial charge on any atom is -0.381 e. The second kappa shape index (κ2) is 4.92. The van der Waals surface area contributed by atoms with Crippen molar-refractivity contribution < 1.29 is 4.74 Å². The molecule has 0 atom stereocenters. The van der Waals surface area contributed by atoms with Crippen LogP contribution in [0.25, 0.3) is 12.2 Å². The molecule has 0 bridgehead atoms. The van der Waals surface area contributed by atoms with Gasteiger partial charge in [-0.15, -0.1) is 0 Å². The quantitative estimate of drug-likeness (QED) is 0.780. The van der Waals surface area contributed by atoms with Crippen LogP contribution < -0.4 is 10.6 Å². The number of fused-ring (bicyclic) bond motifs is 1. The van der Waals surface area contributed by atoms with E-state index < -0.39 is 0 Å². The predicted octanol–water partition coefficient (Wildman–Crippen LogP) is 1.82. The average Bonchev–Trinajstić information content (AvgIpc) is 2.72. The van der Waals surface area contributed by atoms with E-state index in [0.717, 1.165) is 38.9 Å². The van der Waals surface area contributed by atoms with Crippen molar-refractivity contribution in [3.63, 3.8) is 0 Å². The zero-order chi connectivity index (χ0) is 11.5. The highest BCUT2D eigenvalue weighted by Gasteiger charge is 2.17. The first-order chi connectivity index (χ1) is 8.45. The van der Waals surface area contributed by atoms with Crippen LogP contribution in [0.3, 0.4) is 0 Å². The van der Waals surface area contributed by atoms with Gasteiger partial charge in [-0.2, -0.15) is 0 Å². The van der Waals surface area contributed by atoms with Crippen LogP contribution in [-0.4, -0.2) is 18.2 Å². The Labute approximate surface area is 102 Å². The summed E-state index contributed by atoms with van der Waals surface area (Å²) in [4.78, 5) is 3.43. The summed E-state index contributed by atoms with van der Waals surface area (Å²) in [5, 5.41) is 2.70. The van der Waals surface area contributed by atoms with Crippen LogP contribution in [0.4, 0.5) is 0 Å². The fourth-order valence-corrected chi connectivity index (χ4v) is 2.75. The lowest BCUT2D eigenvalue weighted by molar-refractivity contribution is 0.0852. The molecule has 1 N–H and O–H groups in total. The summed E-state index contributed by atoms with van der Waals surface area (Å²) < 4.78 is 5.44. The van der Waals surface area contributed by atoms with Crippen molar-refractivity contribution in [1.82, 2.24) is 4.98 Å². The van der Waals surface area contributed by atoms with E-state index in [4.69, 9.17) is 4.74 Å². The van der Waals surface area contributed by atoms with Gasteiger partial charge in [0.2, 0.25) is 0 Å². The van der Waals surface area contributed by atoms with Gasteiger partial charge in [0.05, 0.1) is 0 Å². The molecule has 17 heavy (non-hydrogen) atoms. The van der Waals surface area contributed by atoms with Crippen molar-refractivity contribution in [2.75, 3.05) is 13.2 Å². The summed E-state index contributed by atoms with van der Waals surface area (Å²) in [6.45, 7) is 1.81. The molecule has 2 nitrogen and oxygen atoms in total. The van der Waals surface area contributed by atoms with E-state index in [-0.39, 0.29) is 0 Å². The normalized spacial score (nSPS) is 26.8. The minimum atomic E-state index is 0.668. The Balaban J connectivity index is 2.04. The molecule has 90 valence electrons. The molecule has 0 unspecified atom stereocenters. The molecule has 2 heterocycles. The lowest BCUT2D eigenvalue weighted by Crippen LogP contribution is -2.28. The van der Waals surface area contributed by atoms with E-state index in [2.05, 4.69) is 35.5 Å². The molecule has 0 radical (unpaired) electrons. The van der Waals surface area contributed by atoms with Gasteiger partial charge in [-0.1, -0.05) is 24.3 Å². The van der Waals surface area contributed by atoms with Gasteiger partial charge < -0.3 is 9.72 Å². The van der Waals surface area contributed by atoms with Crippen molar-refractivity contribution in [3.8, 4) is 0 Å². The van der Waals surface area contributed by atoms with E-state index in [0.29, 0.717) is 5.92 Å². The Morgan fingerprint density at radius 1 is 1.18 bits per heavy atom. The summed E-state index contributed by atoms with van der Waals surface area (Å²) in [5.41, 5.74) is 1.48. The molecule has 0 saturated carbocycles. The number of aromatic amines is 1. The summed E-state index contributed by atoms with van der Waals surface area (Å²) >= 11 is 0. The van der Waals surface area contributed by atoms with Crippen molar-refractivity contribution in [1.29, 1.82) is 0 Å². The van der Waals surface area contributed by atoms with Crippen molar-refractivity contribution in [3.05, 3.63) is 34.5 Å². The van der Waals surface area contributed by atoms with Crippen molar-refractivity contribution >= 4 is 12.2 Å². The summed E-state index contributed by atoms with van der Waals surface area (Å²) in [6.07, 6.45) is 15.8. The highest BCUT2D eigenvalue weighted by atomic mass is 16.5. The molecule has 2 heteroatoms. The molecule has 0 amide bonds. The van der Waals surface area contributed by atoms with E-state index in [9.17, 15) is 0 Å². The molecule has 1 aromatic rings. The van der Waals surface area contributed by atoms with Gasteiger partial charge in [-0.25, -0.2) is 0 Å². The predicted molar refractivity (Wildman–Crippen MR) is 70.1 cm³/mol. The standard InChI is InChI=1S/C15H19NO/c1-2-4-6-15-13(5-3-1)14(11-16-15)12-7-9-17-10-8-12/h1,3,5-6,11-12,16H,2,4,7-10H2/b3-1-,13-5-,15-6+. The largest absolute Gasteiger partial charge is 0.381 e. The van der Waals surface area contributed by atoms with E-state index in [1.807, 2.05) is 0 Å². The summed E-state index contributed by atoms with van der Waals surface area (Å²) in [5.74, 6) is 0.668. The molecule has 3 rings (SSSR count). The van der Waals surface area contributed by atoms with Gasteiger partial charge >= 0.3 is 0 Å². The third-order valence-electron chi connectivity index (χ3n) is 3.73. The number of hydrogen-bond acceptors (Lipinski definition) is 1. The number of rotatable bonds is 1. The highest BCUT2D eigenvalue weighted by molar-refractivity contribution is 5.43. The number of nitrogens with one attached hydrogen (secondary N) is 1. The minimum absolute atomic E-state index is 0.668. The number of aromatic nitrogens is 1. The molecule has 1 fully saturated rings. The molecular weight excluding hydrogens is 210 g/mol. The number of ether oxygens (including phenoxy) is 1. The van der Waals surface area contributed by atoms with E-state index >= 15 is 0 Å². The molecule has 1 aliphatic carbocycles. The van der Waals surface area contributed by atoms with Crippen molar-refractivity contribution in [2.24, 2.45) is 0 Å². The number of hydrogen-bond donors (Lipinski definition) is 1. The van der Waals surface area contributed by atoms with Gasteiger partial charge in [0, 0.05) is 30.0 Å². The van der Waals surface area contributed by atoms with Gasteiger partial charge in [-0.05, 0) is 37.2 Å². The Bertz CT molecular complexity index is 518. The van der Waals surface area contributed by atoms with Crippen LogP contribution in [-0.2, 0) is 4.74 Å². The second-order valence-corrected chi connectivity index (χ2v) is 4.83. The van der Waals surface area contributed by atoms with Crippen LogP contribution in [0.2, 0.25) is 0 Å². The monoisotopic (exact) mass is 229 g/mol. The third kappa shape index (κ3) is 2.22. The zero-order valence-electron chi connectivity index (χ0n) is 10.1. The Hall–Kier alpha value is -1.28. The molecule has 2 aliphatic rings. The van der Waals surface area contributed by atoms with Gasteiger partial charge in [0.1, 0.15) is 0 Å². The summed E-state index contributed by atoms with van der Waals surface area (Å²) in [6, 6.07) is 0. The first-order valence-corrected chi connectivity index (χ1v) is 6.57. The smallest absolute Gasteiger partial charge is 0.0471 e. The first-order valence-electron chi connectivity index (χ1n) is 6.57. The molecule has 1 aliphatic heterocycles. The van der Waals surface area contributed by atoms with Gasteiger partial charge in [-0.3, -0.25) is 0 Å². The molecule has 0 spiro atoms. The Morgan fingerprint density at radius 2 is 2.06 bits per heavy atom. The maximum atomic E-state index is 5.44. The van der Waals surface area contributed by atoms with Crippen LogP contribution >= 0.6 is 0 Å². The Morgan fingerprint density at radius 3 is 2.94 bits per heavy atom. The maximum Gasteiger partial charge on any atom is 0.0471 e. The fraction of sp³-hybridized carbons (Fsp3) is 0.467. The molecular formula is C15H19NO. The lowest BCUT2D eigenvalue weighted by atomic mass is 9.92. The highest BCUT2D eigenvalue weighted by Crippen LogP contribution is 2.23. The first kappa shape index (κ1) is 10.8. The number of allylic oxidation sites excluding steroid dienone is 2. The van der Waals surface area contributed by atoms with Gasteiger partial charge in [0.25, 0.3) is 0 Å². The SMILES string of the molecule is C1=C\CC/C=c2/[nH]cc(C3CCOCC3)/c2=C/1. The number of H-pyrrole nitrogens is 1. The lowest BCUT2D eigenvalue weighted by Gasteiger charge is -2.21. The van der Waals surface area contributed by atoms with Crippen LogP contribution in [0.15, 0.2) is 18.3 Å².